The Hall–Kier alpha value is -2.82. The molecule has 2 aromatic carbocycles. The molecule has 0 aliphatic rings. The van der Waals surface area contributed by atoms with Gasteiger partial charge in [0.05, 0.1) is 11.8 Å². The summed E-state index contributed by atoms with van der Waals surface area (Å²) in [6, 6.07) is 14.8. The highest BCUT2D eigenvalue weighted by molar-refractivity contribution is 5.95. The fourth-order valence-electron chi connectivity index (χ4n) is 2.65. The molecule has 0 aromatic heterocycles. The predicted molar refractivity (Wildman–Crippen MR) is 104 cm³/mol. The van der Waals surface area contributed by atoms with Crippen LogP contribution in [0.15, 0.2) is 48.5 Å². The van der Waals surface area contributed by atoms with Gasteiger partial charge in [-0.3, -0.25) is 9.59 Å². The predicted octanol–water partition coefficient (Wildman–Crippen LogP) is 3.57. The van der Waals surface area contributed by atoms with Gasteiger partial charge in [0, 0.05) is 25.6 Å². The van der Waals surface area contributed by atoms with E-state index >= 15 is 0 Å². The number of benzene rings is 2. The fraction of sp³-hybridized carbons (Fsp3) is 0.333. The number of ether oxygens (including phenoxy) is 1. The molecule has 5 heteroatoms. The lowest BCUT2D eigenvalue weighted by molar-refractivity contribution is -0.116. The SMILES string of the molecule is CC(=O)N(CCNC(=O)c1cccc(C)c1)c1ccccc1OC(C)C. The Labute approximate surface area is 155 Å². The molecule has 0 atom stereocenters. The second kappa shape index (κ2) is 9.04. The Bertz CT molecular complexity index is 771. The first-order chi connectivity index (χ1) is 12.4. The number of carbonyl (C=O) groups is 2. The van der Waals surface area contributed by atoms with Crippen molar-refractivity contribution in [2.45, 2.75) is 33.8 Å². The van der Waals surface area contributed by atoms with E-state index in [1.165, 1.54) is 6.92 Å². The van der Waals surface area contributed by atoms with Crippen LogP contribution in [0.1, 0.15) is 36.7 Å². The number of aryl methyl sites for hydroxylation is 1. The molecule has 0 radical (unpaired) electrons. The monoisotopic (exact) mass is 354 g/mol. The van der Waals surface area contributed by atoms with E-state index in [0.717, 1.165) is 5.56 Å². The van der Waals surface area contributed by atoms with Gasteiger partial charge in [0.2, 0.25) is 5.91 Å². The number of nitrogens with zero attached hydrogens (tertiary/aromatic N) is 1. The second-order valence-corrected chi connectivity index (χ2v) is 6.43. The number of para-hydroxylation sites is 2. The quantitative estimate of drug-likeness (QED) is 0.827. The summed E-state index contributed by atoms with van der Waals surface area (Å²) in [4.78, 5) is 26.0. The highest BCUT2D eigenvalue weighted by atomic mass is 16.5. The van der Waals surface area contributed by atoms with Gasteiger partial charge in [0.15, 0.2) is 0 Å². The Morgan fingerprint density at radius 2 is 1.85 bits per heavy atom. The molecule has 0 aliphatic carbocycles. The smallest absolute Gasteiger partial charge is 0.251 e. The zero-order valence-corrected chi connectivity index (χ0v) is 15.8. The van der Waals surface area contributed by atoms with Crippen LogP contribution in [0.4, 0.5) is 5.69 Å². The Balaban J connectivity index is 2.05. The topological polar surface area (TPSA) is 58.6 Å². The van der Waals surface area contributed by atoms with E-state index in [2.05, 4.69) is 5.32 Å². The number of rotatable bonds is 7. The van der Waals surface area contributed by atoms with Crippen LogP contribution in [-0.2, 0) is 4.79 Å². The Morgan fingerprint density at radius 1 is 1.12 bits per heavy atom. The molecule has 2 aromatic rings. The van der Waals surface area contributed by atoms with E-state index in [-0.39, 0.29) is 17.9 Å². The van der Waals surface area contributed by atoms with E-state index in [9.17, 15) is 9.59 Å². The molecule has 0 heterocycles. The summed E-state index contributed by atoms with van der Waals surface area (Å²) >= 11 is 0. The minimum atomic E-state index is -0.149. The molecule has 0 saturated heterocycles. The van der Waals surface area contributed by atoms with E-state index in [1.807, 2.05) is 63.2 Å². The highest BCUT2D eigenvalue weighted by Crippen LogP contribution is 2.28. The molecule has 5 nitrogen and oxygen atoms in total. The molecule has 26 heavy (non-hydrogen) atoms. The largest absolute Gasteiger partial charge is 0.489 e. The first-order valence-electron chi connectivity index (χ1n) is 8.77. The molecule has 0 saturated carbocycles. The average molecular weight is 354 g/mol. The molecular weight excluding hydrogens is 328 g/mol. The van der Waals surface area contributed by atoms with Crippen molar-refractivity contribution in [2.75, 3.05) is 18.0 Å². The minimum Gasteiger partial charge on any atom is -0.489 e. The van der Waals surface area contributed by atoms with Gasteiger partial charge in [-0.05, 0) is 45.0 Å². The van der Waals surface area contributed by atoms with Gasteiger partial charge >= 0.3 is 0 Å². The number of hydrogen-bond acceptors (Lipinski definition) is 3. The normalized spacial score (nSPS) is 10.5. The van der Waals surface area contributed by atoms with Crippen molar-refractivity contribution in [2.24, 2.45) is 0 Å². The van der Waals surface area contributed by atoms with Gasteiger partial charge in [-0.1, -0.05) is 29.8 Å². The summed E-state index contributed by atoms with van der Waals surface area (Å²) in [5, 5.41) is 2.87. The van der Waals surface area contributed by atoms with Crippen LogP contribution in [0.2, 0.25) is 0 Å². The maximum Gasteiger partial charge on any atom is 0.251 e. The van der Waals surface area contributed by atoms with Gasteiger partial charge in [0.1, 0.15) is 5.75 Å². The number of amides is 2. The standard InChI is InChI=1S/C21H26N2O3/c1-15(2)26-20-11-6-5-10-19(20)23(17(4)24)13-12-22-21(25)18-9-7-8-16(3)14-18/h5-11,14-15H,12-13H2,1-4H3,(H,22,25). The molecule has 2 amide bonds. The van der Waals surface area contributed by atoms with E-state index in [4.69, 9.17) is 4.74 Å². The molecule has 1 N–H and O–H groups in total. The molecule has 138 valence electrons. The third-order valence-electron chi connectivity index (χ3n) is 3.80. The molecule has 0 spiro atoms. The lowest BCUT2D eigenvalue weighted by atomic mass is 10.1. The van der Waals surface area contributed by atoms with Crippen molar-refractivity contribution in [3.05, 3.63) is 59.7 Å². The molecule has 0 bridgehead atoms. The maximum absolute atomic E-state index is 12.3. The zero-order valence-electron chi connectivity index (χ0n) is 15.8. The summed E-state index contributed by atoms with van der Waals surface area (Å²) in [6.45, 7) is 8.05. The summed E-state index contributed by atoms with van der Waals surface area (Å²) in [7, 11) is 0. The second-order valence-electron chi connectivity index (χ2n) is 6.43. The number of carbonyl (C=O) groups excluding carboxylic acids is 2. The number of anilines is 1. The summed E-state index contributed by atoms with van der Waals surface area (Å²) in [5.74, 6) is 0.404. The lowest BCUT2D eigenvalue weighted by Gasteiger charge is -2.24. The van der Waals surface area contributed by atoms with Crippen LogP contribution in [0.25, 0.3) is 0 Å². The van der Waals surface area contributed by atoms with Crippen molar-refractivity contribution in [3.8, 4) is 5.75 Å². The summed E-state index contributed by atoms with van der Waals surface area (Å²) in [5.41, 5.74) is 2.35. The van der Waals surface area contributed by atoms with Crippen LogP contribution >= 0.6 is 0 Å². The third-order valence-corrected chi connectivity index (χ3v) is 3.80. The number of nitrogens with one attached hydrogen (secondary N) is 1. The zero-order chi connectivity index (χ0) is 19.1. The Morgan fingerprint density at radius 3 is 2.50 bits per heavy atom. The first kappa shape index (κ1) is 19.5. The molecule has 0 unspecified atom stereocenters. The molecule has 0 aliphatic heterocycles. The van der Waals surface area contributed by atoms with Crippen molar-refractivity contribution >= 4 is 17.5 Å². The van der Waals surface area contributed by atoms with Crippen LogP contribution in [0.3, 0.4) is 0 Å². The maximum atomic E-state index is 12.3. The van der Waals surface area contributed by atoms with Gasteiger partial charge in [0.25, 0.3) is 5.91 Å². The van der Waals surface area contributed by atoms with E-state index in [1.54, 1.807) is 11.0 Å². The van der Waals surface area contributed by atoms with Gasteiger partial charge < -0.3 is 15.0 Å². The van der Waals surface area contributed by atoms with Crippen molar-refractivity contribution in [1.82, 2.24) is 5.32 Å². The molecular formula is C21H26N2O3. The average Bonchev–Trinajstić information content (AvgIpc) is 2.58. The van der Waals surface area contributed by atoms with E-state index < -0.39 is 0 Å². The Kier molecular flexibility index (Phi) is 6.78. The molecule has 0 fully saturated rings. The summed E-state index contributed by atoms with van der Waals surface area (Å²) in [6.07, 6.45) is 0.00554. The van der Waals surface area contributed by atoms with Crippen LogP contribution in [0.5, 0.6) is 5.75 Å². The van der Waals surface area contributed by atoms with E-state index in [0.29, 0.717) is 30.1 Å². The van der Waals surface area contributed by atoms with Gasteiger partial charge in [-0.15, -0.1) is 0 Å². The van der Waals surface area contributed by atoms with Crippen LogP contribution in [0, 0.1) is 6.92 Å². The third kappa shape index (κ3) is 5.34. The summed E-state index contributed by atoms with van der Waals surface area (Å²) < 4.78 is 5.81. The van der Waals surface area contributed by atoms with Crippen molar-refractivity contribution < 1.29 is 14.3 Å². The minimum absolute atomic E-state index is 0.00554. The number of hydrogen-bond donors (Lipinski definition) is 1. The fourth-order valence-corrected chi connectivity index (χ4v) is 2.65. The van der Waals surface area contributed by atoms with Crippen molar-refractivity contribution in [3.63, 3.8) is 0 Å². The first-order valence-corrected chi connectivity index (χ1v) is 8.77. The van der Waals surface area contributed by atoms with Gasteiger partial charge in [-0.2, -0.15) is 0 Å². The van der Waals surface area contributed by atoms with Crippen LogP contribution in [-0.4, -0.2) is 31.0 Å². The van der Waals surface area contributed by atoms with Crippen molar-refractivity contribution in [1.29, 1.82) is 0 Å². The highest BCUT2D eigenvalue weighted by Gasteiger charge is 2.17. The molecule has 2 rings (SSSR count). The van der Waals surface area contributed by atoms with Gasteiger partial charge in [-0.25, -0.2) is 0 Å². The lowest BCUT2D eigenvalue weighted by Crippen LogP contribution is -2.37. The van der Waals surface area contributed by atoms with Crippen LogP contribution < -0.4 is 15.0 Å².